The van der Waals surface area contributed by atoms with Crippen molar-refractivity contribution in [3.8, 4) is 0 Å². The van der Waals surface area contributed by atoms with E-state index < -0.39 is 5.97 Å². The first-order valence-electron chi connectivity index (χ1n) is 6.67. The molecule has 120 valence electrons. The zero-order chi connectivity index (χ0) is 16.8. The van der Waals surface area contributed by atoms with Gasteiger partial charge in [-0.05, 0) is 35.9 Å². The van der Waals surface area contributed by atoms with E-state index in [2.05, 4.69) is 15.4 Å². The smallest absolute Gasteiger partial charge is 0.337 e. The van der Waals surface area contributed by atoms with Gasteiger partial charge in [-0.25, -0.2) is 9.59 Å². The number of urea groups is 1. The van der Waals surface area contributed by atoms with Crippen molar-refractivity contribution in [3.05, 3.63) is 63.6 Å². The zero-order valence-electron chi connectivity index (χ0n) is 12.2. The fraction of sp³-hybridized carbons (Fsp3) is 0.125. The number of anilines is 1. The van der Waals surface area contributed by atoms with Gasteiger partial charge in [-0.3, -0.25) is 0 Å². The highest BCUT2D eigenvalue weighted by atomic mass is 35.5. The maximum Gasteiger partial charge on any atom is 0.337 e. The van der Waals surface area contributed by atoms with Crippen LogP contribution < -0.4 is 10.6 Å². The molecule has 5 nitrogen and oxygen atoms in total. The van der Waals surface area contributed by atoms with Crippen LogP contribution in [0, 0.1) is 0 Å². The Bertz CT molecular complexity index is 718. The molecule has 2 rings (SSSR count). The summed E-state index contributed by atoms with van der Waals surface area (Å²) in [7, 11) is 1.32. The van der Waals surface area contributed by atoms with E-state index in [9.17, 15) is 9.59 Å². The molecule has 0 aliphatic rings. The number of amides is 2. The van der Waals surface area contributed by atoms with Crippen molar-refractivity contribution in [2.24, 2.45) is 0 Å². The Hall–Kier alpha value is -2.24. The van der Waals surface area contributed by atoms with Crippen molar-refractivity contribution in [1.82, 2.24) is 5.32 Å². The lowest BCUT2D eigenvalue weighted by atomic mass is 10.1. The van der Waals surface area contributed by atoms with Crippen LogP contribution in [0.25, 0.3) is 0 Å². The number of ether oxygens (including phenoxy) is 1. The number of esters is 1. The summed E-state index contributed by atoms with van der Waals surface area (Å²) in [4.78, 5) is 23.2. The SMILES string of the molecule is COC(=O)c1ccc(CNC(=O)Nc2ccc(Cl)c(Cl)c2)cc1. The number of hydrogen-bond donors (Lipinski definition) is 2. The monoisotopic (exact) mass is 352 g/mol. The second kappa shape index (κ2) is 7.85. The Balaban J connectivity index is 1.88. The molecule has 2 N–H and O–H groups in total. The standard InChI is InChI=1S/C16H14Cl2N2O3/c1-23-15(21)11-4-2-10(3-5-11)9-19-16(22)20-12-6-7-13(17)14(18)8-12/h2-8H,9H2,1H3,(H2,19,20,22). The van der Waals surface area contributed by atoms with E-state index in [1.54, 1.807) is 42.5 Å². The van der Waals surface area contributed by atoms with Crippen LogP contribution in [0.3, 0.4) is 0 Å². The van der Waals surface area contributed by atoms with Gasteiger partial charge in [0.15, 0.2) is 0 Å². The van der Waals surface area contributed by atoms with Gasteiger partial charge < -0.3 is 15.4 Å². The summed E-state index contributed by atoms with van der Waals surface area (Å²) in [5.41, 5.74) is 1.84. The van der Waals surface area contributed by atoms with E-state index in [-0.39, 0.29) is 6.03 Å². The predicted molar refractivity (Wildman–Crippen MR) is 90.1 cm³/mol. The van der Waals surface area contributed by atoms with Crippen molar-refractivity contribution >= 4 is 40.9 Å². The van der Waals surface area contributed by atoms with Crippen LogP contribution in [0.2, 0.25) is 10.0 Å². The van der Waals surface area contributed by atoms with Crippen molar-refractivity contribution in [2.75, 3.05) is 12.4 Å². The molecule has 2 aromatic rings. The minimum absolute atomic E-state index is 0.314. The molecule has 0 saturated heterocycles. The molecule has 0 unspecified atom stereocenters. The van der Waals surface area contributed by atoms with Crippen molar-refractivity contribution in [1.29, 1.82) is 0 Å². The number of carbonyl (C=O) groups is 2. The largest absolute Gasteiger partial charge is 0.465 e. The van der Waals surface area contributed by atoms with Gasteiger partial charge in [0.05, 0.1) is 22.7 Å². The maximum atomic E-state index is 11.8. The number of carbonyl (C=O) groups excluding carboxylic acids is 2. The van der Waals surface area contributed by atoms with Crippen LogP contribution in [-0.2, 0) is 11.3 Å². The summed E-state index contributed by atoms with van der Waals surface area (Å²) in [6.45, 7) is 0.314. The van der Waals surface area contributed by atoms with Gasteiger partial charge in [0.25, 0.3) is 0 Å². The Kier molecular flexibility index (Phi) is 5.84. The number of hydrogen-bond acceptors (Lipinski definition) is 3. The molecular formula is C16H14Cl2N2O3. The first-order chi connectivity index (χ1) is 11.0. The fourth-order valence-corrected chi connectivity index (χ4v) is 2.11. The number of halogens is 2. The molecular weight excluding hydrogens is 339 g/mol. The predicted octanol–water partition coefficient (Wildman–Crippen LogP) is 4.10. The molecule has 7 heteroatoms. The van der Waals surface area contributed by atoms with Gasteiger partial charge in [-0.1, -0.05) is 35.3 Å². The quantitative estimate of drug-likeness (QED) is 0.813. The van der Waals surface area contributed by atoms with E-state index in [0.29, 0.717) is 27.8 Å². The third-order valence-corrected chi connectivity index (χ3v) is 3.74. The average Bonchev–Trinajstić information content (AvgIpc) is 2.56. The van der Waals surface area contributed by atoms with Gasteiger partial charge in [-0.2, -0.15) is 0 Å². The summed E-state index contributed by atoms with van der Waals surface area (Å²) in [6, 6.07) is 11.2. The van der Waals surface area contributed by atoms with E-state index in [1.165, 1.54) is 7.11 Å². The van der Waals surface area contributed by atoms with Gasteiger partial charge >= 0.3 is 12.0 Å². The molecule has 0 aliphatic carbocycles. The Morgan fingerprint density at radius 1 is 1.04 bits per heavy atom. The highest BCUT2D eigenvalue weighted by molar-refractivity contribution is 6.42. The number of methoxy groups -OCH3 is 1. The number of nitrogens with one attached hydrogen (secondary N) is 2. The normalized spacial score (nSPS) is 10.0. The molecule has 0 fully saturated rings. The fourth-order valence-electron chi connectivity index (χ4n) is 1.81. The molecule has 0 aromatic heterocycles. The zero-order valence-corrected chi connectivity index (χ0v) is 13.7. The minimum atomic E-state index is -0.401. The number of rotatable bonds is 4. The Labute approximate surface area is 143 Å². The molecule has 0 saturated carbocycles. The van der Waals surface area contributed by atoms with Crippen molar-refractivity contribution in [3.63, 3.8) is 0 Å². The lowest BCUT2D eigenvalue weighted by Gasteiger charge is -2.09. The van der Waals surface area contributed by atoms with Gasteiger partial charge in [0.2, 0.25) is 0 Å². The van der Waals surface area contributed by atoms with E-state index >= 15 is 0 Å². The molecule has 0 aliphatic heterocycles. The molecule has 0 spiro atoms. The second-order valence-corrected chi connectivity index (χ2v) is 5.44. The van der Waals surface area contributed by atoms with E-state index in [0.717, 1.165) is 5.56 Å². The van der Waals surface area contributed by atoms with Crippen LogP contribution in [0.1, 0.15) is 15.9 Å². The van der Waals surface area contributed by atoms with Crippen molar-refractivity contribution < 1.29 is 14.3 Å². The van der Waals surface area contributed by atoms with E-state index in [4.69, 9.17) is 23.2 Å². The lowest BCUT2D eigenvalue weighted by molar-refractivity contribution is 0.0600. The van der Waals surface area contributed by atoms with Crippen LogP contribution in [-0.4, -0.2) is 19.1 Å². The van der Waals surface area contributed by atoms with Crippen LogP contribution in [0.4, 0.5) is 10.5 Å². The van der Waals surface area contributed by atoms with Gasteiger partial charge in [-0.15, -0.1) is 0 Å². The first kappa shape index (κ1) is 17.1. The number of benzene rings is 2. The Morgan fingerprint density at radius 2 is 1.74 bits per heavy atom. The highest BCUT2D eigenvalue weighted by Gasteiger charge is 2.06. The van der Waals surface area contributed by atoms with Gasteiger partial charge in [0, 0.05) is 12.2 Å². The molecule has 0 atom stereocenters. The second-order valence-electron chi connectivity index (χ2n) is 4.63. The Morgan fingerprint density at radius 3 is 2.35 bits per heavy atom. The molecule has 0 heterocycles. The maximum absolute atomic E-state index is 11.8. The lowest BCUT2D eigenvalue weighted by Crippen LogP contribution is -2.28. The molecule has 0 radical (unpaired) electrons. The summed E-state index contributed by atoms with van der Waals surface area (Å²) in [5.74, 6) is -0.401. The topological polar surface area (TPSA) is 67.4 Å². The van der Waals surface area contributed by atoms with Gasteiger partial charge in [0.1, 0.15) is 0 Å². The molecule has 23 heavy (non-hydrogen) atoms. The summed E-state index contributed by atoms with van der Waals surface area (Å²) in [6.07, 6.45) is 0. The van der Waals surface area contributed by atoms with Crippen LogP contribution >= 0.6 is 23.2 Å². The summed E-state index contributed by atoms with van der Waals surface area (Å²) in [5, 5.41) is 6.14. The molecule has 2 aromatic carbocycles. The highest BCUT2D eigenvalue weighted by Crippen LogP contribution is 2.24. The summed E-state index contributed by atoms with van der Waals surface area (Å²) < 4.78 is 4.62. The third-order valence-electron chi connectivity index (χ3n) is 3.01. The minimum Gasteiger partial charge on any atom is -0.465 e. The summed E-state index contributed by atoms with van der Waals surface area (Å²) >= 11 is 11.7. The third kappa shape index (κ3) is 4.87. The molecule has 2 amide bonds. The first-order valence-corrected chi connectivity index (χ1v) is 7.42. The van der Waals surface area contributed by atoms with Crippen LogP contribution in [0.15, 0.2) is 42.5 Å². The van der Waals surface area contributed by atoms with E-state index in [1.807, 2.05) is 0 Å². The average molecular weight is 353 g/mol. The van der Waals surface area contributed by atoms with Crippen LogP contribution in [0.5, 0.6) is 0 Å². The molecule has 0 bridgehead atoms. The van der Waals surface area contributed by atoms with Crippen molar-refractivity contribution in [2.45, 2.75) is 6.54 Å².